The summed E-state index contributed by atoms with van der Waals surface area (Å²) in [6.07, 6.45) is 0. The van der Waals surface area contributed by atoms with Crippen molar-refractivity contribution in [2.75, 3.05) is 47.0 Å². The molecular weight excluding hydrogens is 437 g/mol. The number of amides is 1. The maximum atomic E-state index is 12.9. The highest BCUT2D eigenvalue weighted by molar-refractivity contribution is 7.99. The smallest absolute Gasteiger partial charge is 0.234 e. The van der Waals surface area contributed by atoms with Gasteiger partial charge < -0.3 is 15.1 Å². The Balaban J connectivity index is 1.25. The van der Waals surface area contributed by atoms with Crippen LogP contribution in [0.1, 0.15) is 0 Å². The Bertz CT molecular complexity index is 1030. The van der Waals surface area contributed by atoms with E-state index in [2.05, 4.69) is 31.4 Å². The Labute approximate surface area is 189 Å². The topological polar surface area (TPSA) is 61.4 Å². The monoisotopic (exact) mass is 457 g/mol. The lowest BCUT2D eigenvalue weighted by Gasteiger charge is -2.36. The predicted molar refractivity (Wildman–Crippen MR) is 124 cm³/mol. The van der Waals surface area contributed by atoms with Gasteiger partial charge in [0.1, 0.15) is 10.8 Å². The first kappa shape index (κ1) is 21.4. The second kappa shape index (κ2) is 9.98. The molecule has 0 saturated carbocycles. The maximum absolute atomic E-state index is 12.9. The lowest BCUT2D eigenvalue weighted by Crippen LogP contribution is -2.46. The van der Waals surface area contributed by atoms with Crippen LogP contribution in [0.3, 0.4) is 0 Å². The Morgan fingerprint density at radius 2 is 1.74 bits per heavy atom. The number of nitrogens with one attached hydrogen (secondary N) is 1. The number of thioether (sulfide) groups is 1. The molecule has 31 heavy (non-hydrogen) atoms. The summed E-state index contributed by atoms with van der Waals surface area (Å²) in [6, 6.07) is 17.4. The van der Waals surface area contributed by atoms with E-state index in [4.69, 9.17) is 11.6 Å². The van der Waals surface area contributed by atoms with Gasteiger partial charge in [-0.3, -0.25) is 4.79 Å². The van der Waals surface area contributed by atoms with E-state index in [1.54, 1.807) is 0 Å². The number of carbonyl (C=O) groups is 1. The van der Waals surface area contributed by atoms with Crippen molar-refractivity contribution in [1.82, 2.24) is 10.2 Å². The van der Waals surface area contributed by atoms with Gasteiger partial charge in [-0.25, -0.2) is 4.39 Å². The fraction of sp³-hybridized carbons (Fsp3) is 0.227. The average molecular weight is 458 g/mol. The quantitative estimate of drug-likeness (QED) is 0.556. The molecule has 9 heteroatoms. The van der Waals surface area contributed by atoms with Crippen molar-refractivity contribution in [2.45, 2.75) is 5.03 Å². The lowest BCUT2D eigenvalue weighted by molar-refractivity contribution is -0.113. The Hall–Kier alpha value is -2.84. The fourth-order valence-electron chi connectivity index (χ4n) is 3.29. The summed E-state index contributed by atoms with van der Waals surface area (Å²) in [5.41, 5.74) is 1.69. The first-order chi connectivity index (χ1) is 15.1. The second-order valence-electron chi connectivity index (χ2n) is 7.03. The van der Waals surface area contributed by atoms with Crippen LogP contribution in [0.5, 0.6) is 0 Å². The number of hydrogen-bond donors (Lipinski definition) is 1. The molecule has 1 aliphatic heterocycles. The molecule has 1 amide bonds. The van der Waals surface area contributed by atoms with Crippen LogP contribution in [0.4, 0.5) is 21.6 Å². The van der Waals surface area contributed by atoms with Gasteiger partial charge in [0.25, 0.3) is 0 Å². The molecule has 2 heterocycles. The number of hydrogen-bond acceptors (Lipinski definition) is 6. The third-order valence-electron chi connectivity index (χ3n) is 4.88. The number of carbonyl (C=O) groups excluding carboxylic acids is 1. The van der Waals surface area contributed by atoms with Crippen LogP contribution in [0.2, 0.25) is 5.02 Å². The van der Waals surface area contributed by atoms with Crippen LogP contribution in [-0.4, -0.2) is 48.0 Å². The largest absolute Gasteiger partial charge is 0.368 e. The van der Waals surface area contributed by atoms with Crippen molar-refractivity contribution in [1.29, 1.82) is 0 Å². The molecule has 0 radical (unpaired) electrons. The molecule has 1 N–H and O–H groups in total. The molecule has 1 saturated heterocycles. The van der Waals surface area contributed by atoms with Gasteiger partial charge in [0.2, 0.25) is 5.91 Å². The molecule has 0 aliphatic carbocycles. The summed E-state index contributed by atoms with van der Waals surface area (Å²) in [5.74, 6) is 0.503. The number of benzene rings is 2. The standard InChI is InChI=1S/C22H21ClFN5OS/c23-16-2-1-3-19(14-16)28-10-12-29(13-11-28)20-8-9-22(27-26-20)31-15-21(30)25-18-6-4-17(24)5-7-18/h1-9,14H,10-13,15H2,(H,25,30). The third-order valence-corrected chi connectivity index (χ3v) is 6.04. The molecule has 0 unspecified atom stereocenters. The molecule has 1 fully saturated rings. The number of halogens is 2. The van der Waals surface area contributed by atoms with Crippen molar-refractivity contribution in [3.63, 3.8) is 0 Å². The van der Waals surface area contributed by atoms with Gasteiger partial charge in [-0.1, -0.05) is 29.4 Å². The third kappa shape index (κ3) is 5.86. The van der Waals surface area contributed by atoms with Gasteiger partial charge in [-0.2, -0.15) is 0 Å². The number of piperazine rings is 1. The highest BCUT2D eigenvalue weighted by Crippen LogP contribution is 2.23. The summed E-state index contributed by atoms with van der Waals surface area (Å²) in [6.45, 7) is 3.44. The summed E-state index contributed by atoms with van der Waals surface area (Å²) in [4.78, 5) is 16.6. The normalized spacial score (nSPS) is 13.9. The Morgan fingerprint density at radius 1 is 1.00 bits per heavy atom. The van der Waals surface area contributed by atoms with E-state index in [1.807, 2.05) is 30.3 Å². The minimum absolute atomic E-state index is 0.181. The van der Waals surface area contributed by atoms with E-state index in [0.29, 0.717) is 10.7 Å². The van der Waals surface area contributed by atoms with Crippen LogP contribution >= 0.6 is 23.4 Å². The van der Waals surface area contributed by atoms with Crippen LogP contribution in [0.25, 0.3) is 0 Å². The molecule has 0 atom stereocenters. The second-order valence-corrected chi connectivity index (χ2v) is 8.46. The number of aromatic nitrogens is 2. The zero-order valence-corrected chi connectivity index (χ0v) is 18.2. The highest BCUT2D eigenvalue weighted by Gasteiger charge is 2.19. The number of nitrogens with zero attached hydrogens (tertiary/aromatic N) is 4. The number of anilines is 3. The molecule has 0 bridgehead atoms. The molecular formula is C22H21ClFN5OS. The van der Waals surface area contributed by atoms with Crippen LogP contribution in [0.15, 0.2) is 65.7 Å². The fourth-order valence-corrected chi connectivity index (χ4v) is 4.09. The zero-order chi connectivity index (χ0) is 21.6. The van der Waals surface area contributed by atoms with E-state index >= 15 is 0 Å². The van der Waals surface area contributed by atoms with Gasteiger partial charge in [0, 0.05) is 42.6 Å². The summed E-state index contributed by atoms with van der Waals surface area (Å²) in [7, 11) is 0. The lowest BCUT2D eigenvalue weighted by atomic mass is 10.2. The molecule has 3 aromatic rings. The van der Waals surface area contributed by atoms with E-state index < -0.39 is 0 Å². The average Bonchev–Trinajstić information content (AvgIpc) is 2.80. The van der Waals surface area contributed by atoms with Crippen LogP contribution in [-0.2, 0) is 4.79 Å². The van der Waals surface area contributed by atoms with Crippen molar-refractivity contribution in [2.24, 2.45) is 0 Å². The zero-order valence-electron chi connectivity index (χ0n) is 16.7. The van der Waals surface area contributed by atoms with Crippen LogP contribution in [0, 0.1) is 5.82 Å². The van der Waals surface area contributed by atoms with Gasteiger partial charge in [-0.05, 0) is 54.6 Å². The molecule has 1 aliphatic rings. The Kier molecular flexibility index (Phi) is 6.89. The van der Waals surface area contributed by atoms with Crippen molar-refractivity contribution >= 4 is 46.5 Å². The molecule has 0 spiro atoms. The van der Waals surface area contributed by atoms with E-state index in [9.17, 15) is 9.18 Å². The van der Waals surface area contributed by atoms with Gasteiger partial charge in [0.05, 0.1) is 5.75 Å². The van der Waals surface area contributed by atoms with Crippen molar-refractivity contribution in [3.05, 3.63) is 71.5 Å². The Morgan fingerprint density at radius 3 is 2.42 bits per heavy atom. The highest BCUT2D eigenvalue weighted by atomic mass is 35.5. The molecule has 2 aromatic carbocycles. The maximum Gasteiger partial charge on any atom is 0.234 e. The predicted octanol–water partition coefficient (Wildman–Crippen LogP) is 4.33. The van der Waals surface area contributed by atoms with E-state index in [0.717, 1.165) is 42.7 Å². The van der Waals surface area contributed by atoms with E-state index in [-0.39, 0.29) is 17.5 Å². The van der Waals surface area contributed by atoms with Gasteiger partial charge in [0.15, 0.2) is 5.82 Å². The SMILES string of the molecule is O=C(CSc1ccc(N2CCN(c3cccc(Cl)c3)CC2)nn1)Nc1ccc(F)cc1. The van der Waals surface area contributed by atoms with E-state index in [1.165, 1.54) is 36.0 Å². The minimum atomic E-state index is -0.339. The summed E-state index contributed by atoms with van der Waals surface area (Å²) >= 11 is 7.41. The van der Waals surface area contributed by atoms with Crippen molar-refractivity contribution < 1.29 is 9.18 Å². The first-order valence-electron chi connectivity index (χ1n) is 9.84. The molecule has 1 aromatic heterocycles. The molecule has 6 nitrogen and oxygen atoms in total. The van der Waals surface area contributed by atoms with Gasteiger partial charge in [-0.15, -0.1) is 10.2 Å². The van der Waals surface area contributed by atoms with Crippen LogP contribution < -0.4 is 15.1 Å². The minimum Gasteiger partial charge on any atom is -0.368 e. The summed E-state index contributed by atoms with van der Waals surface area (Å²) in [5, 5.41) is 12.7. The summed E-state index contributed by atoms with van der Waals surface area (Å²) < 4.78 is 12.9. The molecule has 4 rings (SSSR count). The number of rotatable bonds is 6. The van der Waals surface area contributed by atoms with Crippen molar-refractivity contribution in [3.8, 4) is 0 Å². The first-order valence-corrected chi connectivity index (χ1v) is 11.2. The molecule has 160 valence electrons. The van der Waals surface area contributed by atoms with Gasteiger partial charge >= 0.3 is 0 Å².